The molecule has 4 N–H and O–H groups in total. The van der Waals surface area contributed by atoms with Gasteiger partial charge in [0.05, 0.1) is 33.1 Å². The van der Waals surface area contributed by atoms with Gasteiger partial charge in [0.25, 0.3) is 5.91 Å². The minimum Gasteiger partial charge on any atom is -0.545 e. The van der Waals surface area contributed by atoms with Crippen molar-refractivity contribution >= 4 is 55.6 Å². The number of carboxylic acid groups (broad SMARTS) is 1. The van der Waals surface area contributed by atoms with Crippen molar-refractivity contribution in [3.63, 3.8) is 0 Å². The number of aromatic carboxylic acids is 1. The molecule has 6 aromatic carbocycles. The summed E-state index contributed by atoms with van der Waals surface area (Å²) in [5.41, 5.74) is 8.17. The molecule has 0 saturated heterocycles. The summed E-state index contributed by atoms with van der Waals surface area (Å²) in [7, 11) is -2.00. The van der Waals surface area contributed by atoms with Crippen LogP contribution in [0.5, 0.6) is 0 Å². The smallest absolute Gasteiger partial charge is 0.545 e. The van der Waals surface area contributed by atoms with Gasteiger partial charge in [-0.15, -0.1) is 0 Å². The van der Waals surface area contributed by atoms with E-state index in [1.165, 1.54) is 12.1 Å². The van der Waals surface area contributed by atoms with Crippen molar-refractivity contribution in [1.82, 2.24) is 24.4 Å². The summed E-state index contributed by atoms with van der Waals surface area (Å²) < 4.78 is 27.6. The summed E-state index contributed by atoms with van der Waals surface area (Å²) in [4.78, 5) is 33.2. The predicted octanol–water partition coefficient (Wildman–Crippen LogP) is 3.86. The van der Waals surface area contributed by atoms with Crippen LogP contribution in [0.3, 0.4) is 0 Å². The Morgan fingerprint density at radius 2 is 1.55 bits per heavy atom. The number of sulfonamides is 1. The number of aromatic nitrogens is 4. The summed E-state index contributed by atoms with van der Waals surface area (Å²) in [5, 5.41) is 29.9. The number of nitrogens with one attached hydrogen (secondary N) is 1. The van der Waals surface area contributed by atoms with E-state index in [4.69, 9.17) is 26.7 Å². The molecule has 1 atom stereocenters. The van der Waals surface area contributed by atoms with Crippen LogP contribution in [0.25, 0.3) is 44.6 Å². The number of carbonyl (C=O) groups excluding carboxylic acids is 2. The second-order valence-electron chi connectivity index (χ2n) is 14.9. The zero-order valence-electron chi connectivity index (χ0n) is 34.4. The van der Waals surface area contributed by atoms with E-state index in [2.05, 4.69) is 65.7 Å². The van der Waals surface area contributed by atoms with E-state index in [1.807, 2.05) is 42.5 Å². The predicted molar refractivity (Wildman–Crippen MR) is 233 cm³/mol. The summed E-state index contributed by atoms with van der Waals surface area (Å²) in [5.74, 6) is 0.367. The van der Waals surface area contributed by atoms with Gasteiger partial charge >= 0.3 is 29.6 Å². The molecule has 0 fully saturated rings. The van der Waals surface area contributed by atoms with Crippen molar-refractivity contribution in [3.8, 4) is 22.5 Å². The Hall–Kier alpha value is -5.64. The van der Waals surface area contributed by atoms with Gasteiger partial charge in [-0.3, -0.25) is 4.79 Å². The molecular weight excluding hydrogens is 835 g/mol. The maximum absolute atomic E-state index is 12.0. The van der Waals surface area contributed by atoms with Gasteiger partial charge < -0.3 is 29.5 Å². The number of halogens is 1. The number of nitrogens with two attached hydrogens (primary N) is 1. The Morgan fingerprint density at radius 1 is 0.871 bits per heavy atom. The topological polar surface area (TPSA) is 185 Å². The number of hydrogen-bond donors (Lipinski definition) is 3. The Morgan fingerprint density at radius 3 is 2.24 bits per heavy atom. The van der Waals surface area contributed by atoms with Crippen LogP contribution in [-0.2, 0) is 35.8 Å². The minimum absolute atomic E-state index is 0. The SMILES string of the molecule is CCCc1nc2c(C)cc(-c3nc4ccccc4n3C)cc2n1Cc1ccc(-c2ccccc2C(=O)[O-])cc1.NS(=O)(=O)c1cc(C2(O)NC(=O)c3ccccc32)ccc1Cl.[Na+]. The van der Waals surface area contributed by atoms with Crippen molar-refractivity contribution in [3.05, 3.63) is 172 Å². The van der Waals surface area contributed by atoms with Gasteiger partial charge in [0.2, 0.25) is 10.0 Å². The molecule has 1 aliphatic rings. The van der Waals surface area contributed by atoms with E-state index in [9.17, 15) is 28.2 Å². The van der Waals surface area contributed by atoms with E-state index >= 15 is 0 Å². The first-order chi connectivity index (χ1) is 29.2. The fraction of sp³-hybridized carbons (Fsp3) is 0.149. The third kappa shape index (κ3) is 8.32. The Labute approximate surface area is 385 Å². The maximum atomic E-state index is 12.0. The van der Waals surface area contributed by atoms with Crippen molar-refractivity contribution in [2.45, 2.75) is 43.9 Å². The Bertz CT molecular complexity index is 3150. The van der Waals surface area contributed by atoms with Gasteiger partial charge in [0.15, 0.2) is 5.72 Å². The minimum atomic E-state index is -4.06. The number of carbonyl (C=O) groups is 2. The first kappa shape index (κ1) is 44.4. The number of primary sulfonamides is 1. The molecule has 1 unspecified atom stereocenters. The van der Waals surface area contributed by atoms with E-state index < -0.39 is 27.6 Å². The number of rotatable bonds is 9. The van der Waals surface area contributed by atoms with Crippen LogP contribution in [-0.4, -0.2) is 44.5 Å². The van der Waals surface area contributed by atoms with Crippen LogP contribution in [0.2, 0.25) is 5.02 Å². The van der Waals surface area contributed by atoms with E-state index in [0.717, 1.165) is 74.9 Å². The number of para-hydroxylation sites is 2. The number of nitrogens with zero attached hydrogens (tertiary/aromatic N) is 4. The first-order valence-electron chi connectivity index (χ1n) is 19.5. The van der Waals surface area contributed by atoms with E-state index in [-0.39, 0.29) is 50.6 Å². The average Bonchev–Trinajstić information content (AvgIpc) is 3.86. The zero-order valence-corrected chi connectivity index (χ0v) is 38.0. The number of fused-ring (bicyclic) bond motifs is 3. The summed E-state index contributed by atoms with van der Waals surface area (Å²) in [6.45, 7) is 4.95. The molecule has 0 radical (unpaired) electrons. The third-order valence-electron chi connectivity index (χ3n) is 10.9. The molecule has 9 rings (SSSR count). The molecule has 1 aliphatic heterocycles. The first-order valence-corrected chi connectivity index (χ1v) is 21.4. The number of imidazole rings is 2. The summed E-state index contributed by atoms with van der Waals surface area (Å²) >= 11 is 5.83. The van der Waals surface area contributed by atoms with Crippen LogP contribution < -0.4 is 45.1 Å². The quantitative estimate of drug-likeness (QED) is 0.183. The zero-order chi connectivity index (χ0) is 43.2. The number of hydrogen-bond acceptors (Lipinski definition) is 8. The molecule has 0 spiro atoms. The van der Waals surface area contributed by atoms with Crippen molar-refractivity contribution in [2.24, 2.45) is 12.2 Å². The number of aliphatic hydroxyl groups is 1. The molecule has 8 aromatic rings. The van der Waals surface area contributed by atoms with Crippen molar-refractivity contribution in [2.75, 3.05) is 0 Å². The molecule has 0 aliphatic carbocycles. The van der Waals surface area contributed by atoms with Crippen molar-refractivity contribution < 1.29 is 57.8 Å². The number of amides is 1. The normalized spacial score (nSPS) is 14.5. The monoisotopic (exact) mass is 874 g/mol. The summed E-state index contributed by atoms with van der Waals surface area (Å²) in [6.07, 6.45) is 1.88. The van der Waals surface area contributed by atoms with Crippen LogP contribution >= 0.6 is 11.6 Å². The van der Waals surface area contributed by atoms with E-state index in [0.29, 0.717) is 23.2 Å². The molecule has 0 bridgehead atoms. The molecule has 2 aromatic heterocycles. The summed E-state index contributed by atoms with van der Waals surface area (Å²) in [6, 6.07) is 38.0. The Kier molecular flexibility index (Phi) is 12.6. The fourth-order valence-electron chi connectivity index (χ4n) is 7.92. The van der Waals surface area contributed by atoms with Gasteiger partial charge in [-0.1, -0.05) is 103 Å². The standard InChI is InChI=1S/C33H30N4O2.C14H11ClN2O4S.Na/c1-4-9-30-35-31-21(2)18-24(32-34-27-12-7-8-13-28(27)36(32)3)19-29(31)37(30)20-22-14-16-23(17-15-22)25-10-5-6-11-26(25)33(38)39;15-11-6-5-8(7-12(11)22(16,20)21)14(19)10-4-2-1-3-9(10)13(18)17-14;/h5-8,10-19H,4,9,20H2,1-3H3,(H,38,39);1-7,19H,(H,17,18)(H2,16,20,21);/q;;+1/p-1. The molecule has 62 heavy (non-hydrogen) atoms. The molecule has 308 valence electrons. The van der Waals surface area contributed by atoms with Gasteiger partial charge in [-0.2, -0.15) is 0 Å². The van der Waals surface area contributed by atoms with Crippen LogP contribution in [0.15, 0.2) is 132 Å². The largest absolute Gasteiger partial charge is 1.00 e. The third-order valence-corrected chi connectivity index (χ3v) is 12.3. The average molecular weight is 875 g/mol. The van der Waals surface area contributed by atoms with Crippen LogP contribution in [0, 0.1) is 6.92 Å². The molecule has 1 amide bonds. The number of benzene rings is 6. The molecule has 15 heteroatoms. The second-order valence-corrected chi connectivity index (χ2v) is 16.9. The number of carboxylic acids is 1. The van der Waals surface area contributed by atoms with Gasteiger partial charge in [0.1, 0.15) is 16.5 Å². The van der Waals surface area contributed by atoms with Gasteiger partial charge in [-0.25, -0.2) is 23.5 Å². The molecular formula is C47H40ClN6NaO6S. The van der Waals surface area contributed by atoms with E-state index in [1.54, 1.807) is 36.4 Å². The van der Waals surface area contributed by atoms with Gasteiger partial charge in [0, 0.05) is 47.8 Å². The number of aryl methyl sites for hydroxylation is 3. The fourth-order valence-corrected chi connectivity index (χ4v) is 8.99. The molecule has 12 nitrogen and oxygen atoms in total. The molecule has 0 saturated carbocycles. The van der Waals surface area contributed by atoms with Crippen molar-refractivity contribution in [1.29, 1.82) is 0 Å². The van der Waals surface area contributed by atoms with Gasteiger partial charge in [-0.05, 0) is 78.1 Å². The second kappa shape index (κ2) is 17.6. The molecule has 3 heterocycles. The maximum Gasteiger partial charge on any atom is 1.00 e. The Balaban J connectivity index is 0.000000214. The van der Waals surface area contributed by atoms with Crippen LogP contribution in [0.4, 0.5) is 0 Å². The van der Waals surface area contributed by atoms with Crippen LogP contribution in [0.1, 0.15) is 62.1 Å².